The van der Waals surface area contributed by atoms with Gasteiger partial charge in [-0.05, 0) is 43.3 Å². The number of aromatic amines is 1. The third kappa shape index (κ3) is 5.15. The normalized spacial score (nSPS) is 11.1. The summed E-state index contributed by atoms with van der Waals surface area (Å²) >= 11 is 6.47. The van der Waals surface area contributed by atoms with Crippen LogP contribution in [0.2, 0.25) is 5.02 Å². The third-order valence-corrected chi connectivity index (χ3v) is 6.15. The van der Waals surface area contributed by atoms with Crippen LogP contribution in [0.1, 0.15) is 32.0 Å². The zero-order chi connectivity index (χ0) is 25.8. The molecule has 2 N–H and O–H groups in total. The monoisotopic (exact) mass is 507 g/mol. The minimum Gasteiger partial charge on any atom is -0.422 e. The topological polar surface area (TPSA) is 83.5 Å². The Morgan fingerprint density at radius 3 is 2.51 bits per heavy atom. The molecule has 1 amide bonds. The summed E-state index contributed by atoms with van der Waals surface area (Å²) in [7, 11) is 0. The Kier molecular flexibility index (Phi) is 6.83. The number of amides is 1. The molecule has 1 heterocycles. The number of ether oxygens (including phenoxy) is 1. The molecule has 7 heteroatoms. The van der Waals surface area contributed by atoms with Crippen molar-refractivity contribution in [1.29, 1.82) is 0 Å². The highest BCUT2D eigenvalue weighted by molar-refractivity contribution is 6.34. The Bertz CT molecular complexity index is 1660. The quantitative estimate of drug-likeness (QED) is 0.115. The second kappa shape index (κ2) is 10.5. The van der Waals surface area contributed by atoms with Gasteiger partial charge in [-0.2, -0.15) is 5.10 Å². The lowest BCUT2D eigenvalue weighted by molar-refractivity contribution is 0.0734. The fraction of sp³-hybridized carbons (Fsp3) is 0.0333. The van der Waals surface area contributed by atoms with Gasteiger partial charge in [-0.15, -0.1) is 0 Å². The predicted octanol–water partition coefficient (Wildman–Crippen LogP) is 6.78. The van der Waals surface area contributed by atoms with E-state index >= 15 is 0 Å². The molecule has 1 aromatic heterocycles. The highest BCUT2D eigenvalue weighted by atomic mass is 35.5. The van der Waals surface area contributed by atoms with Crippen molar-refractivity contribution in [2.75, 3.05) is 0 Å². The van der Waals surface area contributed by atoms with Gasteiger partial charge in [0.25, 0.3) is 5.91 Å². The molecular formula is C30H22ClN3O3. The first-order chi connectivity index (χ1) is 18.0. The molecule has 4 aromatic carbocycles. The minimum atomic E-state index is -0.476. The zero-order valence-corrected chi connectivity index (χ0v) is 20.6. The maximum absolute atomic E-state index is 13.2. The third-order valence-electron chi connectivity index (χ3n) is 5.82. The molecule has 0 aliphatic rings. The molecule has 0 aliphatic heterocycles. The number of halogens is 1. The Hall–Kier alpha value is -4.68. The van der Waals surface area contributed by atoms with Crippen molar-refractivity contribution >= 4 is 40.6 Å². The van der Waals surface area contributed by atoms with Crippen LogP contribution in [0.15, 0.2) is 102 Å². The Balaban J connectivity index is 1.39. The van der Waals surface area contributed by atoms with Crippen molar-refractivity contribution in [3.63, 3.8) is 0 Å². The number of hydrogen-bond acceptors (Lipinski definition) is 4. The summed E-state index contributed by atoms with van der Waals surface area (Å²) in [6.07, 6.45) is 1.44. The van der Waals surface area contributed by atoms with Gasteiger partial charge in [-0.3, -0.25) is 4.79 Å². The number of esters is 1. The molecule has 0 radical (unpaired) electrons. The summed E-state index contributed by atoms with van der Waals surface area (Å²) in [6, 6.07) is 29.1. The molecule has 0 unspecified atom stereocenters. The molecule has 182 valence electrons. The first-order valence-corrected chi connectivity index (χ1v) is 12.0. The Labute approximate surface area is 218 Å². The average Bonchev–Trinajstić information content (AvgIpc) is 3.29. The van der Waals surface area contributed by atoms with Crippen LogP contribution in [0, 0.1) is 6.92 Å². The lowest BCUT2D eigenvalue weighted by Crippen LogP contribution is -2.19. The highest BCUT2D eigenvalue weighted by Crippen LogP contribution is 2.36. The van der Waals surface area contributed by atoms with E-state index < -0.39 is 11.9 Å². The van der Waals surface area contributed by atoms with Crippen LogP contribution in [0.4, 0.5) is 0 Å². The summed E-state index contributed by atoms with van der Waals surface area (Å²) in [5.74, 6) is -0.581. The summed E-state index contributed by atoms with van der Waals surface area (Å²) in [5.41, 5.74) is 7.10. The largest absolute Gasteiger partial charge is 0.422 e. The number of rotatable bonds is 6. The second-order valence-electron chi connectivity index (χ2n) is 8.40. The number of nitrogens with zero attached hydrogens (tertiary/aromatic N) is 1. The standard InChI is InChI=1S/C30H22ClN3O3/c1-19-9-8-11-20(17-19)30(36)37-26-16-7-2-10-21(26)18-32-34-29(35)28-27(22-12-3-5-14-24(22)31)23-13-4-6-15-25(23)33-28/h2-18,33H,1H3,(H,34,35). The molecule has 5 aromatic rings. The van der Waals surface area contributed by atoms with Gasteiger partial charge in [0.15, 0.2) is 0 Å². The molecule has 0 saturated heterocycles. The number of hydrogen-bond donors (Lipinski definition) is 2. The van der Waals surface area contributed by atoms with E-state index in [9.17, 15) is 9.59 Å². The Morgan fingerprint density at radius 1 is 0.919 bits per heavy atom. The zero-order valence-electron chi connectivity index (χ0n) is 19.9. The van der Waals surface area contributed by atoms with E-state index in [-0.39, 0.29) is 0 Å². The average molecular weight is 508 g/mol. The van der Waals surface area contributed by atoms with Gasteiger partial charge in [0.2, 0.25) is 0 Å². The fourth-order valence-electron chi connectivity index (χ4n) is 4.08. The van der Waals surface area contributed by atoms with Crippen molar-refractivity contribution in [1.82, 2.24) is 10.4 Å². The van der Waals surface area contributed by atoms with Crippen molar-refractivity contribution < 1.29 is 14.3 Å². The molecular weight excluding hydrogens is 486 g/mol. The number of carbonyl (C=O) groups excluding carboxylic acids is 2. The van der Waals surface area contributed by atoms with Crippen molar-refractivity contribution in [2.45, 2.75) is 6.92 Å². The van der Waals surface area contributed by atoms with Gasteiger partial charge in [-0.25, -0.2) is 10.2 Å². The number of aromatic nitrogens is 1. The molecule has 37 heavy (non-hydrogen) atoms. The van der Waals surface area contributed by atoms with Crippen LogP contribution in [-0.2, 0) is 0 Å². The predicted molar refractivity (Wildman–Crippen MR) is 146 cm³/mol. The van der Waals surface area contributed by atoms with Gasteiger partial charge in [0, 0.05) is 32.6 Å². The van der Waals surface area contributed by atoms with Crippen molar-refractivity contribution in [2.24, 2.45) is 5.10 Å². The maximum atomic E-state index is 13.2. The van der Waals surface area contributed by atoms with E-state index in [0.29, 0.717) is 33.2 Å². The second-order valence-corrected chi connectivity index (χ2v) is 8.80. The van der Waals surface area contributed by atoms with Crippen LogP contribution in [0.25, 0.3) is 22.0 Å². The highest BCUT2D eigenvalue weighted by Gasteiger charge is 2.20. The molecule has 0 atom stereocenters. The lowest BCUT2D eigenvalue weighted by atomic mass is 10.0. The fourth-order valence-corrected chi connectivity index (χ4v) is 4.31. The van der Waals surface area contributed by atoms with E-state index in [1.807, 2.05) is 55.5 Å². The number of aryl methyl sites for hydroxylation is 1. The molecule has 0 spiro atoms. The van der Waals surface area contributed by atoms with Crippen molar-refractivity contribution in [3.8, 4) is 16.9 Å². The SMILES string of the molecule is Cc1cccc(C(=O)Oc2ccccc2C=NNC(=O)c2[nH]c3ccccc3c2-c2ccccc2Cl)c1. The summed E-state index contributed by atoms with van der Waals surface area (Å²) in [5, 5.41) is 5.54. The van der Waals surface area contributed by atoms with E-state index in [4.69, 9.17) is 16.3 Å². The van der Waals surface area contributed by atoms with Gasteiger partial charge in [0.05, 0.1) is 11.8 Å². The lowest BCUT2D eigenvalue weighted by Gasteiger charge is -2.08. The van der Waals surface area contributed by atoms with Gasteiger partial charge >= 0.3 is 5.97 Å². The van der Waals surface area contributed by atoms with E-state index in [2.05, 4.69) is 15.5 Å². The van der Waals surface area contributed by atoms with Crippen LogP contribution in [-0.4, -0.2) is 23.1 Å². The van der Waals surface area contributed by atoms with E-state index in [1.54, 1.807) is 48.5 Å². The van der Waals surface area contributed by atoms with Crippen LogP contribution in [0.5, 0.6) is 5.75 Å². The first kappa shape index (κ1) is 24.0. The molecule has 0 aliphatic carbocycles. The number of benzene rings is 4. The maximum Gasteiger partial charge on any atom is 0.343 e. The van der Waals surface area contributed by atoms with Gasteiger partial charge in [-0.1, -0.05) is 77.8 Å². The molecule has 0 fully saturated rings. The number of hydrazone groups is 1. The summed E-state index contributed by atoms with van der Waals surface area (Å²) in [6.45, 7) is 1.91. The van der Waals surface area contributed by atoms with Gasteiger partial charge in [0.1, 0.15) is 11.4 Å². The molecule has 6 nitrogen and oxygen atoms in total. The van der Waals surface area contributed by atoms with Crippen molar-refractivity contribution in [3.05, 3.63) is 124 Å². The number of fused-ring (bicyclic) bond motifs is 1. The molecule has 0 bridgehead atoms. The number of nitrogens with one attached hydrogen (secondary N) is 2. The van der Waals surface area contributed by atoms with Crippen LogP contribution < -0.4 is 10.2 Å². The number of H-pyrrole nitrogens is 1. The number of para-hydroxylation sites is 2. The van der Waals surface area contributed by atoms with Crippen LogP contribution in [0.3, 0.4) is 0 Å². The Morgan fingerprint density at radius 2 is 1.68 bits per heavy atom. The van der Waals surface area contributed by atoms with Gasteiger partial charge < -0.3 is 9.72 Å². The van der Waals surface area contributed by atoms with E-state index in [0.717, 1.165) is 22.0 Å². The smallest absolute Gasteiger partial charge is 0.343 e. The minimum absolute atomic E-state index is 0.328. The first-order valence-electron chi connectivity index (χ1n) is 11.6. The molecule has 0 saturated carbocycles. The van der Waals surface area contributed by atoms with E-state index in [1.165, 1.54) is 6.21 Å². The molecule has 5 rings (SSSR count). The summed E-state index contributed by atoms with van der Waals surface area (Å²) in [4.78, 5) is 29.0. The van der Waals surface area contributed by atoms with Crippen LogP contribution >= 0.6 is 11.6 Å². The summed E-state index contributed by atoms with van der Waals surface area (Å²) < 4.78 is 5.60. The number of carbonyl (C=O) groups is 2.